The minimum atomic E-state index is 0.313. The van der Waals surface area contributed by atoms with Crippen molar-refractivity contribution in [1.29, 1.82) is 0 Å². The van der Waals surface area contributed by atoms with Crippen LogP contribution in [0.5, 0.6) is 0 Å². The van der Waals surface area contributed by atoms with Gasteiger partial charge in [0, 0.05) is 5.41 Å². The summed E-state index contributed by atoms with van der Waals surface area (Å²) in [4.78, 5) is 6.13. The van der Waals surface area contributed by atoms with Gasteiger partial charge in [-0.1, -0.05) is 20.8 Å². The number of piperidine rings is 1. The van der Waals surface area contributed by atoms with Gasteiger partial charge in [0.05, 0.1) is 0 Å². The van der Waals surface area contributed by atoms with Crippen LogP contribution in [-0.2, 0) is 0 Å². The molecular weight excluding hydrogens is 172 g/mol. The van der Waals surface area contributed by atoms with Crippen molar-refractivity contribution in [3.8, 4) is 0 Å². The second-order valence-electron chi connectivity index (χ2n) is 4.77. The molecule has 0 aliphatic carbocycles. The SMILES string of the molecule is [C-]#[N+]CC1(C(C)C)CCN(CC)CC1. The van der Waals surface area contributed by atoms with E-state index in [0.717, 1.165) is 13.1 Å². The van der Waals surface area contributed by atoms with Gasteiger partial charge in [0.1, 0.15) is 0 Å². The fourth-order valence-corrected chi connectivity index (χ4v) is 2.39. The maximum Gasteiger partial charge on any atom is 0.220 e. The van der Waals surface area contributed by atoms with Crippen LogP contribution in [0, 0.1) is 17.9 Å². The van der Waals surface area contributed by atoms with Crippen LogP contribution in [0.15, 0.2) is 0 Å². The van der Waals surface area contributed by atoms with Gasteiger partial charge in [-0.2, -0.15) is 0 Å². The number of likely N-dealkylation sites (tertiary alicyclic amines) is 1. The topological polar surface area (TPSA) is 7.60 Å². The van der Waals surface area contributed by atoms with E-state index < -0.39 is 0 Å². The summed E-state index contributed by atoms with van der Waals surface area (Å²) in [6, 6.07) is 0. The van der Waals surface area contributed by atoms with Gasteiger partial charge < -0.3 is 9.74 Å². The van der Waals surface area contributed by atoms with Gasteiger partial charge >= 0.3 is 0 Å². The number of hydrogen-bond acceptors (Lipinski definition) is 1. The van der Waals surface area contributed by atoms with Crippen LogP contribution in [-0.4, -0.2) is 31.1 Å². The van der Waals surface area contributed by atoms with Crippen LogP contribution in [0.3, 0.4) is 0 Å². The molecule has 0 atom stereocenters. The lowest BCUT2D eigenvalue weighted by atomic mass is 9.70. The van der Waals surface area contributed by atoms with E-state index in [1.165, 1.54) is 25.9 Å². The Morgan fingerprint density at radius 3 is 2.29 bits per heavy atom. The van der Waals surface area contributed by atoms with Crippen LogP contribution in [0.25, 0.3) is 4.85 Å². The van der Waals surface area contributed by atoms with E-state index in [2.05, 4.69) is 30.5 Å². The molecule has 1 heterocycles. The largest absolute Gasteiger partial charge is 0.316 e. The standard InChI is InChI=1S/C12H22N2/c1-5-14-8-6-12(7-9-14,10-13-4)11(2)3/h11H,5-10H2,1-3H3. The third-order valence-electron chi connectivity index (χ3n) is 3.92. The fourth-order valence-electron chi connectivity index (χ4n) is 2.39. The fraction of sp³-hybridized carbons (Fsp3) is 0.917. The lowest BCUT2D eigenvalue weighted by molar-refractivity contribution is 0.0787. The van der Waals surface area contributed by atoms with Gasteiger partial charge in [-0.25, -0.2) is 6.57 Å². The molecule has 14 heavy (non-hydrogen) atoms. The van der Waals surface area contributed by atoms with E-state index in [1.807, 2.05) is 0 Å². The summed E-state index contributed by atoms with van der Waals surface area (Å²) >= 11 is 0. The Morgan fingerprint density at radius 1 is 1.36 bits per heavy atom. The Morgan fingerprint density at radius 2 is 1.93 bits per heavy atom. The van der Waals surface area contributed by atoms with Gasteiger partial charge in [-0.3, -0.25) is 0 Å². The van der Waals surface area contributed by atoms with Crippen molar-refractivity contribution in [2.75, 3.05) is 26.2 Å². The molecule has 0 aromatic rings. The summed E-state index contributed by atoms with van der Waals surface area (Å²) in [7, 11) is 0. The molecule has 0 aromatic heterocycles. The predicted molar refractivity (Wildman–Crippen MR) is 60.1 cm³/mol. The molecule has 0 aromatic carbocycles. The van der Waals surface area contributed by atoms with Crippen LogP contribution >= 0.6 is 0 Å². The zero-order valence-electron chi connectivity index (χ0n) is 9.71. The molecule has 1 rings (SSSR count). The zero-order chi connectivity index (χ0) is 10.6. The molecule has 1 aliphatic heterocycles. The Balaban J connectivity index is 2.60. The highest BCUT2D eigenvalue weighted by molar-refractivity contribution is 4.93. The molecule has 0 amide bonds. The summed E-state index contributed by atoms with van der Waals surface area (Å²) in [6.45, 7) is 18.1. The second-order valence-corrected chi connectivity index (χ2v) is 4.77. The maximum absolute atomic E-state index is 7.06. The van der Waals surface area contributed by atoms with E-state index in [9.17, 15) is 0 Å². The molecule has 2 nitrogen and oxygen atoms in total. The number of hydrogen-bond donors (Lipinski definition) is 0. The smallest absolute Gasteiger partial charge is 0.220 e. The van der Waals surface area contributed by atoms with Crippen molar-refractivity contribution in [2.45, 2.75) is 33.6 Å². The van der Waals surface area contributed by atoms with E-state index in [4.69, 9.17) is 6.57 Å². The minimum Gasteiger partial charge on any atom is -0.316 e. The molecule has 1 aliphatic rings. The monoisotopic (exact) mass is 194 g/mol. The van der Waals surface area contributed by atoms with Crippen molar-refractivity contribution in [1.82, 2.24) is 4.90 Å². The van der Waals surface area contributed by atoms with Gasteiger partial charge in [0.2, 0.25) is 6.54 Å². The average Bonchev–Trinajstić information content (AvgIpc) is 2.19. The third kappa shape index (κ3) is 2.27. The lowest BCUT2D eigenvalue weighted by Crippen LogP contribution is -2.44. The molecule has 0 saturated carbocycles. The lowest BCUT2D eigenvalue weighted by Gasteiger charge is -2.41. The summed E-state index contributed by atoms with van der Waals surface area (Å²) in [5.74, 6) is 0.649. The Bertz CT molecular complexity index is 207. The predicted octanol–water partition coefficient (Wildman–Crippen LogP) is 2.66. The molecular formula is C12H22N2. The van der Waals surface area contributed by atoms with Gasteiger partial charge in [-0.15, -0.1) is 0 Å². The Kier molecular flexibility index (Phi) is 3.95. The third-order valence-corrected chi connectivity index (χ3v) is 3.92. The molecule has 0 unspecified atom stereocenters. The van der Waals surface area contributed by atoms with E-state index in [1.54, 1.807) is 0 Å². The molecule has 0 N–H and O–H groups in total. The molecule has 1 fully saturated rings. The van der Waals surface area contributed by atoms with Gasteiger partial charge in [-0.05, 0) is 38.4 Å². The van der Waals surface area contributed by atoms with Crippen molar-refractivity contribution in [3.63, 3.8) is 0 Å². The van der Waals surface area contributed by atoms with E-state index >= 15 is 0 Å². The van der Waals surface area contributed by atoms with Crippen LogP contribution < -0.4 is 0 Å². The first-order chi connectivity index (χ1) is 6.64. The average molecular weight is 194 g/mol. The van der Waals surface area contributed by atoms with E-state index in [0.29, 0.717) is 11.3 Å². The minimum absolute atomic E-state index is 0.313. The first kappa shape index (κ1) is 11.5. The summed E-state index contributed by atoms with van der Waals surface area (Å²) < 4.78 is 0. The van der Waals surface area contributed by atoms with Crippen LogP contribution in [0.2, 0.25) is 0 Å². The first-order valence-corrected chi connectivity index (χ1v) is 5.70. The number of rotatable bonds is 3. The van der Waals surface area contributed by atoms with Crippen LogP contribution in [0.4, 0.5) is 0 Å². The summed E-state index contributed by atoms with van der Waals surface area (Å²) in [5.41, 5.74) is 0.313. The highest BCUT2D eigenvalue weighted by Gasteiger charge is 2.39. The highest BCUT2D eigenvalue weighted by atomic mass is 15.1. The highest BCUT2D eigenvalue weighted by Crippen LogP contribution is 2.38. The molecule has 80 valence electrons. The summed E-state index contributed by atoms with van der Waals surface area (Å²) in [5, 5.41) is 0. The molecule has 1 saturated heterocycles. The van der Waals surface area contributed by atoms with Crippen molar-refractivity contribution >= 4 is 0 Å². The molecule has 0 radical (unpaired) electrons. The Labute approximate surface area is 88.1 Å². The quantitative estimate of drug-likeness (QED) is 0.627. The Hall–Kier alpha value is -0.550. The second kappa shape index (κ2) is 4.79. The van der Waals surface area contributed by atoms with Crippen molar-refractivity contribution in [3.05, 3.63) is 11.4 Å². The summed E-state index contributed by atoms with van der Waals surface area (Å²) in [6.07, 6.45) is 2.42. The zero-order valence-corrected chi connectivity index (χ0v) is 9.71. The molecule has 0 bridgehead atoms. The number of nitrogens with zero attached hydrogens (tertiary/aromatic N) is 2. The molecule has 0 spiro atoms. The van der Waals surface area contributed by atoms with Crippen LogP contribution in [0.1, 0.15) is 33.6 Å². The van der Waals surface area contributed by atoms with Crippen molar-refractivity contribution in [2.24, 2.45) is 11.3 Å². The first-order valence-electron chi connectivity index (χ1n) is 5.70. The van der Waals surface area contributed by atoms with Crippen molar-refractivity contribution < 1.29 is 0 Å². The maximum atomic E-state index is 7.06. The van der Waals surface area contributed by atoms with Gasteiger partial charge in [0.25, 0.3) is 0 Å². The molecule has 2 heteroatoms. The van der Waals surface area contributed by atoms with Gasteiger partial charge in [0.15, 0.2) is 0 Å². The normalized spacial score (nSPS) is 22.2. The van der Waals surface area contributed by atoms with E-state index in [-0.39, 0.29) is 0 Å².